The van der Waals surface area contributed by atoms with Crippen LogP contribution in [0.1, 0.15) is 24.2 Å². The monoisotopic (exact) mass is 418 g/mol. The van der Waals surface area contributed by atoms with E-state index in [1.807, 2.05) is 0 Å². The molecule has 154 valence electrons. The van der Waals surface area contributed by atoms with E-state index in [0.29, 0.717) is 27.8 Å². The van der Waals surface area contributed by atoms with Gasteiger partial charge in [-0.2, -0.15) is 0 Å². The number of esters is 1. The van der Waals surface area contributed by atoms with Crippen LogP contribution < -0.4 is 15.4 Å². The normalized spacial score (nSPS) is 11.3. The van der Waals surface area contributed by atoms with Gasteiger partial charge >= 0.3 is 5.97 Å². The Balaban J connectivity index is 2.06. The molecule has 0 aliphatic heterocycles. The highest BCUT2D eigenvalue weighted by Crippen LogP contribution is 2.27. The minimum atomic E-state index is -1.33. The first-order chi connectivity index (χ1) is 13.8. The molecule has 2 aromatic rings. The minimum absolute atomic E-state index is 0.158. The number of anilines is 2. The molecule has 0 saturated heterocycles. The summed E-state index contributed by atoms with van der Waals surface area (Å²) in [5, 5.41) is 5.18. The van der Waals surface area contributed by atoms with Gasteiger partial charge in [0.05, 0.1) is 34.1 Å². The van der Waals surface area contributed by atoms with Gasteiger partial charge in [0.2, 0.25) is 5.91 Å². The quantitative estimate of drug-likeness (QED) is 0.638. The second kappa shape index (κ2) is 10.4. The van der Waals surface area contributed by atoms with Crippen LogP contribution in [0.5, 0.6) is 5.75 Å². The summed E-state index contributed by atoms with van der Waals surface area (Å²) in [4.78, 5) is 36.1. The lowest BCUT2D eigenvalue weighted by Gasteiger charge is -2.13. The highest BCUT2D eigenvalue weighted by Gasteiger charge is 2.18. The molecule has 29 heavy (non-hydrogen) atoms. The van der Waals surface area contributed by atoms with Crippen LogP contribution in [0.2, 0.25) is 0 Å². The van der Waals surface area contributed by atoms with Crippen LogP contribution in [0.25, 0.3) is 0 Å². The van der Waals surface area contributed by atoms with E-state index in [9.17, 15) is 18.6 Å². The number of methoxy groups -OCH3 is 1. The summed E-state index contributed by atoms with van der Waals surface area (Å²) in [5.74, 6) is -0.857. The van der Waals surface area contributed by atoms with Gasteiger partial charge in [-0.25, -0.2) is 4.79 Å². The first kappa shape index (κ1) is 22.1. The molecule has 9 heteroatoms. The molecule has 0 fully saturated rings. The Kier molecular flexibility index (Phi) is 7.90. The number of benzene rings is 2. The third-order valence-corrected chi connectivity index (χ3v) is 5.11. The Morgan fingerprint density at radius 3 is 2.45 bits per heavy atom. The van der Waals surface area contributed by atoms with Crippen LogP contribution in [0.15, 0.2) is 47.4 Å². The molecular weight excluding hydrogens is 396 g/mol. The van der Waals surface area contributed by atoms with Crippen LogP contribution >= 0.6 is 0 Å². The fourth-order valence-corrected chi connectivity index (χ4v) is 3.41. The highest BCUT2D eigenvalue weighted by atomic mass is 32.2. The minimum Gasteiger partial charge on any atom is -0.495 e. The summed E-state index contributed by atoms with van der Waals surface area (Å²) in [6.45, 7) is 2.57. The molecule has 2 rings (SSSR count). The summed E-state index contributed by atoms with van der Waals surface area (Å²) >= 11 is 0. The molecule has 0 bridgehead atoms. The molecular formula is C20H22N2O6S. The number of amides is 2. The van der Waals surface area contributed by atoms with E-state index in [1.54, 1.807) is 37.3 Å². The van der Waals surface area contributed by atoms with Crippen molar-refractivity contribution in [2.75, 3.05) is 30.1 Å². The van der Waals surface area contributed by atoms with Crippen LogP contribution in [0, 0.1) is 0 Å². The smallest absolute Gasteiger partial charge is 0.339 e. The van der Waals surface area contributed by atoms with Crippen molar-refractivity contribution in [3.05, 3.63) is 48.0 Å². The molecule has 0 spiro atoms. The Labute approximate surface area is 171 Å². The van der Waals surface area contributed by atoms with E-state index in [1.165, 1.54) is 26.2 Å². The predicted octanol–water partition coefficient (Wildman–Crippen LogP) is 2.58. The third kappa shape index (κ3) is 6.15. The molecule has 0 aliphatic carbocycles. The molecule has 0 aromatic heterocycles. The Hall–Kier alpha value is -3.20. The van der Waals surface area contributed by atoms with Gasteiger partial charge in [-0.05, 0) is 30.3 Å². The lowest BCUT2D eigenvalue weighted by atomic mass is 10.2. The van der Waals surface area contributed by atoms with Crippen molar-refractivity contribution in [3.63, 3.8) is 0 Å². The number of hydrogen-bond donors (Lipinski definition) is 2. The summed E-state index contributed by atoms with van der Waals surface area (Å²) in [7, 11) is 0.106. The van der Waals surface area contributed by atoms with Crippen LogP contribution in [0.3, 0.4) is 0 Å². The summed E-state index contributed by atoms with van der Waals surface area (Å²) in [6.07, 6.45) is 0. The van der Waals surface area contributed by atoms with Gasteiger partial charge in [-0.1, -0.05) is 19.1 Å². The Morgan fingerprint density at radius 1 is 1.07 bits per heavy atom. The van der Waals surface area contributed by atoms with Gasteiger partial charge < -0.3 is 20.1 Å². The maximum atomic E-state index is 12.3. The van der Waals surface area contributed by atoms with Gasteiger partial charge in [0, 0.05) is 18.4 Å². The zero-order valence-corrected chi connectivity index (χ0v) is 17.1. The molecule has 2 N–H and O–H groups in total. The van der Waals surface area contributed by atoms with Crippen molar-refractivity contribution < 1.29 is 28.1 Å². The Bertz CT molecular complexity index is 944. The maximum absolute atomic E-state index is 12.3. The number of ether oxygens (including phenoxy) is 2. The molecule has 0 aliphatic rings. The van der Waals surface area contributed by atoms with E-state index in [4.69, 9.17) is 9.47 Å². The standard InChI is InChI=1S/C20H22N2O6S/c1-4-29(26)18-8-6-5-7-15(18)20(25)28-12-19(24)22-16-11-14(21-13(2)23)9-10-17(16)27-3/h5-11H,4,12H2,1-3H3,(H,21,23)(H,22,24)/t29-/m1/s1. The van der Waals surface area contributed by atoms with Crippen molar-refractivity contribution in [1.29, 1.82) is 0 Å². The molecule has 2 amide bonds. The Morgan fingerprint density at radius 2 is 1.79 bits per heavy atom. The SMILES string of the molecule is CC[S@@](=O)c1ccccc1C(=O)OCC(=O)Nc1cc(NC(C)=O)ccc1OC. The number of carbonyl (C=O) groups excluding carboxylic acids is 3. The summed E-state index contributed by atoms with van der Waals surface area (Å²) < 4.78 is 22.3. The van der Waals surface area contributed by atoms with Crippen molar-refractivity contribution in [1.82, 2.24) is 0 Å². The molecule has 0 radical (unpaired) electrons. The number of rotatable bonds is 8. The second-order valence-electron chi connectivity index (χ2n) is 5.85. The number of nitrogens with one attached hydrogen (secondary N) is 2. The topological polar surface area (TPSA) is 111 Å². The molecule has 0 heterocycles. The highest BCUT2D eigenvalue weighted by molar-refractivity contribution is 7.85. The second-order valence-corrected chi connectivity index (χ2v) is 7.56. The first-order valence-corrected chi connectivity index (χ1v) is 10.1. The van der Waals surface area contributed by atoms with E-state index >= 15 is 0 Å². The van der Waals surface area contributed by atoms with E-state index in [0.717, 1.165) is 0 Å². The predicted molar refractivity (Wildman–Crippen MR) is 110 cm³/mol. The van der Waals surface area contributed by atoms with Gasteiger partial charge in [-0.3, -0.25) is 13.8 Å². The van der Waals surface area contributed by atoms with E-state index < -0.39 is 29.3 Å². The van der Waals surface area contributed by atoms with E-state index in [2.05, 4.69) is 10.6 Å². The van der Waals surface area contributed by atoms with Crippen LogP contribution in [-0.2, 0) is 25.1 Å². The fraction of sp³-hybridized carbons (Fsp3) is 0.250. The van der Waals surface area contributed by atoms with Crippen LogP contribution in [0.4, 0.5) is 11.4 Å². The van der Waals surface area contributed by atoms with Crippen molar-refractivity contribution >= 4 is 40.0 Å². The molecule has 8 nitrogen and oxygen atoms in total. The maximum Gasteiger partial charge on any atom is 0.339 e. The van der Waals surface area contributed by atoms with E-state index in [-0.39, 0.29) is 11.5 Å². The lowest BCUT2D eigenvalue weighted by Crippen LogP contribution is -2.22. The molecule has 2 aromatic carbocycles. The summed E-state index contributed by atoms with van der Waals surface area (Å²) in [5.41, 5.74) is 0.944. The van der Waals surface area contributed by atoms with Gasteiger partial charge in [0.25, 0.3) is 5.91 Å². The summed E-state index contributed by atoms with van der Waals surface area (Å²) in [6, 6.07) is 11.1. The van der Waals surface area contributed by atoms with Crippen molar-refractivity contribution in [2.24, 2.45) is 0 Å². The molecule has 0 saturated carbocycles. The first-order valence-electron chi connectivity index (χ1n) is 8.75. The average molecular weight is 418 g/mol. The molecule has 0 unspecified atom stereocenters. The van der Waals surface area contributed by atoms with Gasteiger partial charge in [0.15, 0.2) is 6.61 Å². The molecule has 1 atom stereocenters. The largest absolute Gasteiger partial charge is 0.495 e. The van der Waals surface area contributed by atoms with Gasteiger partial charge in [0.1, 0.15) is 5.75 Å². The average Bonchev–Trinajstić information content (AvgIpc) is 2.71. The third-order valence-electron chi connectivity index (χ3n) is 3.74. The van der Waals surface area contributed by atoms with Gasteiger partial charge in [-0.15, -0.1) is 0 Å². The van der Waals surface area contributed by atoms with Crippen molar-refractivity contribution in [3.8, 4) is 5.75 Å². The number of hydrogen-bond acceptors (Lipinski definition) is 6. The van der Waals surface area contributed by atoms with Crippen LogP contribution in [-0.4, -0.2) is 41.5 Å². The zero-order chi connectivity index (χ0) is 21.4. The lowest BCUT2D eigenvalue weighted by molar-refractivity contribution is -0.119. The van der Waals surface area contributed by atoms with Crippen molar-refractivity contribution in [2.45, 2.75) is 18.7 Å². The number of carbonyl (C=O) groups is 3. The fourth-order valence-electron chi connectivity index (χ4n) is 2.47. The zero-order valence-electron chi connectivity index (χ0n) is 16.3.